The summed E-state index contributed by atoms with van der Waals surface area (Å²) < 4.78 is 31.4. The molecule has 1 aromatic heterocycles. The second-order valence-corrected chi connectivity index (χ2v) is 7.03. The maximum Gasteiger partial charge on any atom is 0.246 e. The molecular weight excluding hydrogens is 306 g/mol. The van der Waals surface area contributed by atoms with Crippen LogP contribution in [-0.4, -0.2) is 53.9 Å². The molecule has 7 nitrogen and oxygen atoms in total. The molecule has 2 aromatic rings. The van der Waals surface area contributed by atoms with Crippen LogP contribution in [0.3, 0.4) is 0 Å². The largest absolute Gasteiger partial charge is 0.507 e. The normalized spacial score (nSPS) is 17.6. The number of aromatic hydroxyl groups is 1. The fraction of sp³-hybridized carbons (Fsp3) is 0.357. The first-order valence-corrected chi connectivity index (χ1v) is 8.39. The van der Waals surface area contributed by atoms with Gasteiger partial charge in [-0.25, -0.2) is 13.4 Å². The summed E-state index contributed by atoms with van der Waals surface area (Å²) in [6.45, 7) is 2.63. The van der Waals surface area contributed by atoms with Gasteiger partial charge >= 0.3 is 0 Å². The Morgan fingerprint density at radius 2 is 1.91 bits per heavy atom. The number of phenolic OH excluding ortho intramolecular Hbond substituents is 1. The SMILES string of the molecule is O=S(=O)(c1ccccc1O)N1CCN(Cc2cocn2)CC1. The van der Waals surface area contributed by atoms with Crippen molar-refractivity contribution in [2.24, 2.45) is 0 Å². The molecule has 0 radical (unpaired) electrons. The average Bonchev–Trinajstić information content (AvgIpc) is 3.01. The van der Waals surface area contributed by atoms with Crippen LogP contribution in [0.5, 0.6) is 5.75 Å². The van der Waals surface area contributed by atoms with Gasteiger partial charge in [-0.1, -0.05) is 12.1 Å². The third kappa shape index (κ3) is 2.99. The van der Waals surface area contributed by atoms with Crippen LogP contribution >= 0.6 is 0 Å². The van der Waals surface area contributed by atoms with Crippen molar-refractivity contribution >= 4 is 10.0 Å². The second kappa shape index (κ2) is 6.07. The quantitative estimate of drug-likeness (QED) is 0.899. The predicted octanol–water partition coefficient (Wildman–Crippen LogP) is 0.887. The van der Waals surface area contributed by atoms with E-state index in [-0.39, 0.29) is 10.6 Å². The minimum absolute atomic E-state index is 0.0417. The van der Waals surface area contributed by atoms with E-state index in [2.05, 4.69) is 9.88 Å². The summed E-state index contributed by atoms with van der Waals surface area (Å²) in [4.78, 5) is 6.14. The molecule has 1 aliphatic rings. The van der Waals surface area contributed by atoms with Gasteiger partial charge in [-0.15, -0.1) is 0 Å². The van der Waals surface area contributed by atoms with Gasteiger partial charge in [-0.2, -0.15) is 4.31 Å². The van der Waals surface area contributed by atoms with E-state index in [9.17, 15) is 13.5 Å². The lowest BCUT2D eigenvalue weighted by molar-refractivity contribution is 0.179. The summed E-state index contributed by atoms with van der Waals surface area (Å²) >= 11 is 0. The van der Waals surface area contributed by atoms with Gasteiger partial charge in [0.25, 0.3) is 0 Å². The Morgan fingerprint density at radius 3 is 2.55 bits per heavy atom. The van der Waals surface area contributed by atoms with Crippen LogP contribution < -0.4 is 0 Å². The predicted molar refractivity (Wildman–Crippen MR) is 78.6 cm³/mol. The molecular formula is C14H17N3O4S. The molecule has 0 bridgehead atoms. The lowest BCUT2D eigenvalue weighted by Gasteiger charge is -2.33. The first kappa shape index (κ1) is 15.0. The molecule has 1 aliphatic heterocycles. The zero-order valence-corrected chi connectivity index (χ0v) is 12.7. The van der Waals surface area contributed by atoms with Crippen LogP contribution in [0.1, 0.15) is 5.69 Å². The van der Waals surface area contributed by atoms with E-state index in [1.165, 1.54) is 22.8 Å². The van der Waals surface area contributed by atoms with Crippen LogP contribution in [0, 0.1) is 0 Å². The monoisotopic (exact) mass is 323 g/mol. The molecule has 118 valence electrons. The van der Waals surface area contributed by atoms with Crippen molar-refractivity contribution in [1.29, 1.82) is 0 Å². The molecule has 0 spiro atoms. The van der Waals surface area contributed by atoms with Gasteiger partial charge in [0, 0.05) is 32.7 Å². The van der Waals surface area contributed by atoms with Crippen LogP contribution in [0.4, 0.5) is 0 Å². The minimum Gasteiger partial charge on any atom is -0.507 e. The summed E-state index contributed by atoms with van der Waals surface area (Å²) in [6, 6.07) is 6.01. The molecule has 3 rings (SSSR count). The Balaban J connectivity index is 1.67. The maximum atomic E-state index is 12.6. The van der Waals surface area contributed by atoms with E-state index >= 15 is 0 Å². The molecule has 0 amide bonds. The lowest BCUT2D eigenvalue weighted by atomic mass is 10.3. The van der Waals surface area contributed by atoms with E-state index < -0.39 is 10.0 Å². The number of nitrogens with zero attached hydrogens (tertiary/aromatic N) is 3. The van der Waals surface area contributed by atoms with Crippen LogP contribution in [0.2, 0.25) is 0 Å². The van der Waals surface area contributed by atoms with Crippen molar-refractivity contribution in [3.8, 4) is 5.75 Å². The first-order valence-electron chi connectivity index (χ1n) is 6.95. The van der Waals surface area contributed by atoms with Gasteiger partial charge < -0.3 is 9.52 Å². The van der Waals surface area contributed by atoms with Crippen molar-refractivity contribution in [3.05, 3.63) is 42.6 Å². The van der Waals surface area contributed by atoms with Crippen molar-refractivity contribution in [3.63, 3.8) is 0 Å². The molecule has 1 N–H and O–H groups in total. The zero-order chi connectivity index (χ0) is 15.6. The highest BCUT2D eigenvalue weighted by Gasteiger charge is 2.30. The van der Waals surface area contributed by atoms with Crippen molar-refractivity contribution in [2.75, 3.05) is 26.2 Å². The van der Waals surface area contributed by atoms with Gasteiger partial charge in [0.05, 0.1) is 5.69 Å². The number of sulfonamides is 1. The molecule has 1 aromatic carbocycles. The van der Waals surface area contributed by atoms with Gasteiger partial charge in [0.15, 0.2) is 6.39 Å². The smallest absolute Gasteiger partial charge is 0.246 e. The molecule has 1 saturated heterocycles. The minimum atomic E-state index is -3.66. The Bertz CT molecular complexity index is 722. The van der Waals surface area contributed by atoms with E-state index in [1.807, 2.05) is 0 Å². The Kier molecular flexibility index (Phi) is 4.14. The number of rotatable bonds is 4. The molecule has 22 heavy (non-hydrogen) atoms. The van der Waals surface area contributed by atoms with E-state index in [4.69, 9.17) is 4.42 Å². The molecule has 0 saturated carbocycles. The number of hydrogen-bond acceptors (Lipinski definition) is 6. The molecule has 8 heteroatoms. The highest BCUT2D eigenvalue weighted by atomic mass is 32.2. The highest BCUT2D eigenvalue weighted by Crippen LogP contribution is 2.26. The molecule has 2 heterocycles. The summed E-state index contributed by atoms with van der Waals surface area (Å²) in [7, 11) is -3.66. The van der Waals surface area contributed by atoms with Gasteiger partial charge in [0.1, 0.15) is 16.9 Å². The van der Waals surface area contributed by atoms with Crippen LogP contribution in [0.25, 0.3) is 0 Å². The molecule has 1 fully saturated rings. The van der Waals surface area contributed by atoms with Crippen LogP contribution in [-0.2, 0) is 16.6 Å². The van der Waals surface area contributed by atoms with Gasteiger partial charge in [-0.05, 0) is 12.1 Å². The second-order valence-electron chi connectivity index (χ2n) is 5.13. The van der Waals surface area contributed by atoms with Gasteiger partial charge in [0.2, 0.25) is 10.0 Å². The van der Waals surface area contributed by atoms with E-state index in [0.717, 1.165) is 5.69 Å². The zero-order valence-electron chi connectivity index (χ0n) is 11.9. The topological polar surface area (TPSA) is 86.9 Å². The summed E-state index contributed by atoms with van der Waals surface area (Å²) in [6.07, 6.45) is 2.97. The summed E-state index contributed by atoms with van der Waals surface area (Å²) in [5.74, 6) is -0.215. The van der Waals surface area contributed by atoms with E-state index in [0.29, 0.717) is 32.7 Å². The number of para-hydroxylation sites is 1. The fourth-order valence-corrected chi connectivity index (χ4v) is 3.99. The third-order valence-electron chi connectivity index (χ3n) is 3.68. The highest BCUT2D eigenvalue weighted by molar-refractivity contribution is 7.89. The van der Waals surface area contributed by atoms with E-state index in [1.54, 1.807) is 18.4 Å². The Hall–Kier alpha value is -1.90. The van der Waals surface area contributed by atoms with Gasteiger partial charge in [-0.3, -0.25) is 4.90 Å². The lowest BCUT2D eigenvalue weighted by Crippen LogP contribution is -2.48. The number of piperazine rings is 1. The average molecular weight is 323 g/mol. The fourth-order valence-electron chi connectivity index (χ4n) is 2.49. The molecule has 0 atom stereocenters. The Labute approximate surface area is 128 Å². The standard InChI is InChI=1S/C14H17N3O4S/c18-13-3-1-2-4-14(13)22(19,20)17-7-5-16(6-8-17)9-12-10-21-11-15-12/h1-4,10-11,18H,5-9H2. The summed E-state index contributed by atoms with van der Waals surface area (Å²) in [5, 5.41) is 9.77. The Morgan fingerprint density at radius 1 is 1.18 bits per heavy atom. The maximum absolute atomic E-state index is 12.6. The third-order valence-corrected chi connectivity index (χ3v) is 5.63. The summed E-state index contributed by atoms with van der Waals surface area (Å²) in [5.41, 5.74) is 0.831. The first-order chi connectivity index (χ1) is 10.6. The number of oxazole rings is 1. The van der Waals surface area contributed by atoms with Crippen LogP contribution in [0.15, 0.2) is 46.2 Å². The number of benzene rings is 1. The molecule has 0 unspecified atom stereocenters. The van der Waals surface area contributed by atoms with Crippen molar-refractivity contribution in [2.45, 2.75) is 11.4 Å². The number of phenols is 1. The molecule has 0 aliphatic carbocycles. The number of aromatic nitrogens is 1. The van der Waals surface area contributed by atoms with Crippen molar-refractivity contribution in [1.82, 2.24) is 14.2 Å². The number of hydrogen-bond donors (Lipinski definition) is 1. The van der Waals surface area contributed by atoms with Crippen molar-refractivity contribution < 1.29 is 17.9 Å².